The summed E-state index contributed by atoms with van der Waals surface area (Å²) in [7, 11) is 0. The van der Waals surface area contributed by atoms with E-state index in [1.807, 2.05) is 0 Å². The molecule has 0 spiro atoms. The second-order valence-corrected chi connectivity index (χ2v) is 10.2. The van der Waals surface area contributed by atoms with E-state index >= 15 is 0 Å². The second kappa shape index (κ2) is 18.1. The SMILES string of the molecule is CCCCCCCCCCC[C@@H](C[C@@H]1OC(=O)[C@H]1CCCCCC)OC(=O)/C=C/c1ccccc1F. The number of esters is 2. The van der Waals surface area contributed by atoms with Crippen LogP contribution in [0, 0.1) is 11.7 Å². The molecule has 4 nitrogen and oxygen atoms in total. The van der Waals surface area contributed by atoms with Crippen molar-refractivity contribution < 1.29 is 23.5 Å². The van der Waals surface area contributed by atoms with Crippen molar-refractivity contribution in [3.8, 4) is 0 Å². The van der Waals surface area contributed by atoms with Crippen LogP contribution >= 0.6 is 0 Å². The summed E-state index contributed by atoms with van der Waals surface area (Å²) in [6, 6.07) is 6.33. The average molecular weight is 503 g/mol. The molecule has 0 radical (unpaired) electrons. The van der Waals surface area contributed by atoms with Crippen LogP contribution in [-0.2, 0) is 19.1 Å². The number of benzene rings is 1. The average Bonchev–Trinajstić information content (AvgIpc) is 2.86. The fourth-order valence-electron chi connectivity index (χ4n) is 4.84. The van der Waals surface area contributed by atoms with Crippen molar-refractivity contribution in [1.29, 1.82) is 0 Å². The topological polar surface area (TPSA) is 52.6 Å². The molecule has 202 valence electrons. The molecule has 1 fully saturated rings. The Kier molecular flexibility index (Phi) is 15.1. The van der Waals surface area contributed by atoms with Crippen molar-refractivity contribution >= 4 is 18.0 Å². The van der Waals surface area contributed by atoms with Gasteiger partial charge in [0.2, 0.25) is 0 Å². The molecule has 0 amide bonds. The number of carbonyl (C=O) groups is 2. The van der Waals surface area contributed by atoms with E-state index in [0.717, 1.165) is 44.9 Å². The zero-order valence-corrected chi connectivity index (χ0v) is 22.5. The first-order valence-electron chi connectivity index (χ1n) is 14.4. The van der Waals surface area contributed by atoms with E-state index in [1.54, 1.807) is 18.2 Å². The number of cyclic esters (lactones) is 1. The molecule has 1 heterocycles. The van der Waals surface area contributed by atoms with Crippen LogP contribution in [-0.4, -0.2) is 24.1 Å². The summed E-state index contributed by atoms with van der Waals surface area (Å²) in [5.74, 6) is -1.06. The summed E-state index contributed by atoms with van der Waals surface area (Å²) in [5, 5.41) is 0. The normalized spacial score (nSPS) is 18.1. The fraction of sp³-hybridized carbons (Fsp3) is 0.677. The third-order valence-corrected chi connectivity index (χ3v) is 7.10. The van der Waals surface area contributed by atoms with E-state index in [2.05, 4.69) is 13.8 Å². The largest absolute Gasteiger partial charge is 0.461 e. The number of halogens is 1. The molecular weight excluding hydrogens is 455 g/mol. The zero-order valence-electron chi connectivity index (χ0n) is 22.5. The molecule has 0 aliphatic carbocycles. The van der Waals surface area contributed by atoms with Crippen molar-refractivity contribution in [3.05, 3.63) is 41.7 Å². The monoisotopic (exact) mass is 502 g/mol. The van der Waals surface area contributed by atoms with Crippen LogP contribution in [0.2, 0.25) is 0 Å². The zero-order chi connectivity index (χ0) is 26.0. The maximum absolute atomic E-state index is 13.9. The summed E-state index contributed by atoms with van der Waals surface area (Å²) < 4.78 is 25.1. The third kappa shape index (κ3) is 11.7. The number of hydrogen-bond donors (Lipinski definition) is 0. The molecule has 1 saturated heterocycles. The van der Waals surface area contributed by atoms with Crippen molar-refractivity contribution in [3.63, 3.8) is 0 Å². The summed E-state index contributed by atoms with van der Waals surface area (Å²) in [5.41, 5.74) is 0.352. The lowest BCUT2D eigenvalue weighted by atomic mass is 9.86. The van der Waals surface area contributed by atoms with E-state index in [1.165, 1.54) is 69.6 Å². The lowest BCUT2D eigenvalue weighted by molar-refractivity contribution is -0.189. The van der Waals surface area contributed by atoms with Crippen LogP contribution in [0.4, 0.5) is 4.39 Å². The molecule has 2 rings (SSSR count). The highest BCUT2D eigenvalue weighted by Crippen LogP contribution is 2.32. The van der Waals surface area contributed by atoms with E-state index in [0.29, 0.717) is 12.0 Å². The van der Waals surface area contributed by atoms with E-state index in [-0.39, 0.29) is 29.9 Å². The van der Waals surface area contributed by atoms with Gasteiger partial charge in [0.15, 0.2) is 0 Å². The van der Waals surface area contributed by atoms with Crippen LogP contribution in [0.1, 0.15) is 122 Å². The van der Waals surface area contributed by atoms with Gasteiger partial charge in [-0.2, -0.15) is 0 Å². The number of carbonyl (C=O) groups excluding carboxylic acids is 2. The van der Waals surface area contributed by atoms with Gasteiger partial charge in [-0.15, -0.1) is 0 Å². The molecule has 0 unspecified atom stereocenters. The summed E-state index contributed by atoms with van der Waals surface area (Å²) >= 11 is 0. The molecular formula is C31H47FO4. The minimum atomic E-state index is -0.482. The van der Waals surface area contributed by atoms with Crippen molar-refractivity contribution in [2.45, 2.75) is 129 Å². The van der Waals surface area contributed by atoms with Gasteiger partial charge in [0.25, 0.3) is 0 Å². The summed E-state index contributed by atoms with van der Waals surface area (Å²) in [6.07, 6.45) is 20.0. The molecule has 36 heavy (non-hydrogen) atoms. The van der Waals surface area contributed by atoms with Crippen LogP contribution in [0.3, 0.4) is 0 Å². The minimum absolute atomic E-state index is 0.0832. The first kappa shape index (κ1) is 30.1. The first-order chi connectivity index (χ1) is 17.5. The lowest BCUT2D eigenvalue weighted by Crippen LogP contribution is -2.47. The van der Waals surface area contributed by atoms with Gasteiger partial charge in [-0.25, -0.2) is 9.18 Å². The third-order valence-electron chi connectivity index (χ3n) is 7.10. The molecule has 0 saturated carbocycles. The van der Waals surface area contributed by atoms with Crippen molar-refractivity contribution in [1.82, 2.24) is 0 Å². The summed E-state index contributed by atoms with van der Waals surface area (Å²) in [6.45, 7) is 4.41. The van der Waals surface area contributed by atoms with E-state index in [4.69, 9.17) is 9.47 Å². The number of ether oxygens (including phenoxy) is 2. The van der Waals surface area contributed by atoms with Crippen molar-refractivity contribution in [2.24, 2.45) is 5.92 Å². The Morgan fingerprint density at radius 1 is 0.944 bits per heavy atom. The Hall–Kier alpha value is -2.17. The highest BCUT2D eigenvalue weighted by atomic mass is 19.1. The standard InChI is InChI=1S/C31H47FO4/c1-3-5-7-9-10-11-12-13-14-19-26(24-29-27(31(34)36-29)20-15-8-6-4-2)35-30(33)23-22-25-18-16-17-21-28(25)32/h16-18,21-23,26-27,29H,3-15,19-20,24H2,1-2H3/b23-22+/t26-,27-,29-/m0/s1. The van der Waals surface area contributed by atoms with Crippen LogP contribution in [0.15, 0.2) is 30.3 Å². The Bertz CT molecular complexity index is 791. The Balaban J connectivity index is 1.84. The van der Waals surface area contributed by atoms with E-state index < -0.39 is 5.97 Å². The van der Waals surface area contributed by atoms with Crippen LogP contribution < -0.4 is 0 Å². The second-order valence-electron chi connectivity index (χ2n) is 10.2. The quantitative estimate of drug-likeness (QED) is 0.102. The molecule has 1 aliphatic heterocycles. The molecule has 1 aliphatic rings. The van der Waals surface area contributed by atoms with Gasteiger partial charge in [-0.3, -0.25) is 4.79 Å². The Morgan fingerprint density at radius 2 is 1.56 bits per heavy atom. The summed E-state index contributed by atoms with van der Waals surface area (Å²) in [4.78, 5) is 24.6. The van der Waals surface area contributed by atoms with Gasteiger partial charge < -0.3 is 9.47 Å². The molecule has 0 N–H and O–H groups in total. The molecule has 5 heteroatoms. The van der Waals surface area contributed by atoms with Crippen molar-refractivity contribution in [2.75, 3.05) is 0 Å². The smallest absolute Gasteiger partial charge is 0.331 e. The molecule has 1 aromatic carbocycles. The predicted molar refractivity (Wildman–Crippen MR) is 144 cm³/mol. The van der Waals surface area contributed by atoms with Gasteiger partial charge in [0.05, 0.1) is 5.92 Å². The van der Waals surface area contributed by atoms with Gasteiger partial charge in [-0.05, 0) is 31.4 Å². The lowest BCUT2D eigenvalue weighted by Gasteiger charge is -2.37. The highest BCUT2D eigenvalue weighted by Gasteiger charge is 2.43. The van der Waals surface area contributed by atoms with Gasteiger partial charge in [0.1, 0.15) is 18.0 Å². The van der Waals surface area contributed by atoms with Crippen LogP contribution in [0.25, 0.3) is 6.08 Å². The maximum atomic E-state index is 13.9. The predicted octanol–water partition coefficient (Wildman–Crippen LogP) is 8.57. The Morgan fingerprint density at radius 3 is 2.19 bits per heavy atom. The van der Waals surface area contributed by atoms with Crippen LogP contribution in [0.5, 0.6) is 0 Å². The first-order valence-corrected chi connectivity index (χ1v) is 14.4. The number of unbranched alkanes of at least 4 members (excludes halogenated alkanes) is 11. The number of hydrogen-bond acceptors (Lipinski definition) is 4. The van der Waals surface area contributed by atoms with E-state index in [9.17, 15) is 14.0 Å². The minimum Gasteiger partial charge on any atom is -0.461 e. The van der Waals surface area contributed by atoms with Gasteiger partial charge in [0, 0.05) is 18.1 Å². The number of rotatable bonds is 20. The maximum Gasteiger partial charge on any atom is 0.331 e. The molecule has 0 bridgehead atoms. The van der Waals surface area contributed by atoms with Gasteiger partial charge in [-0.1, -0.05) is 109 Å². The Labute approximate surface area is 218 Å². The molecule has 3 atom stereocenters. The fourth-order valence-corrected chi connectivity index (χ4v) is 4.84. The van der Waals surface area contributed by atoms with Gasteiger partial charge >= 0.3 is 11.9 Å². The molecule has 0 aromatic heterocycles. The highest BCUT2D eigenvalue weighted by molar-refractivity contribution is 5.87. The molecule has 1 aromatic rings.